The molecule has 9 heteroatoms. The summed E-state index contributed by atoms with van der Waals surface area (Å²) in [6, 6.07) is 4.24. The number of rotatable bonds is 7. The summed E-state index contributed by atoms with van der Waals surface area (Å²) >= 11 is 3.34. The molecule has 0 aliphatic carbocycles. The summed E-state index contributed by atoms with van der Waals surface area (Å²) in [4.78, 5) is 32.0. The lowest BCUT2D eigenvalue weighted by atomic mass is 10.0. The van der Waals surface area contributed by atoms with Gasteiger partial charge in [0.15, 0.2) is 5.13 Å². The second kappa shape index (κ2) is 8.26. The number of amides is 3. The molecule has 0 spiro atoms. The molecule has 2 aromatic rings. The highest BCUT2D eigenvalue weighted by atomic mass is 32.2. The molecular weight excluding hydrogens is 382 g/mol. The molecule has 2 saturated heterocycles. The number of nitrogens with zero attached hydrogens (tertiary/aromatic N) is 2. The van der Waals surface area contributed by atoms with E-state index in [-0.39, 0.29) is 24.0 Å². The number of pyridine rings is 1. The summed E-state index contributed by atoms with van der Waals surface area (Å²) in [5.41, 5.74) is 1.83. The van der Waals surface area contributed by atoms with Gasteiger partial charge >= 0.3 is 6.03 Å². The van der Waals surface area contributed by atoms with E-state index >= 15 is 0 Å². The number of thioether (sulfide) groups is 1. The van der Waals surface area contributed by atoms with Crippen molar-refractivity contribution in [3.05, 3.63) is 29.9 Å². The number of carbonyl (C=O) groups is 2. The summed E-state index contributed by atoms with van der Waals surface area (Å²) in [5.74, 6) is 0.969. The average molecular weight is 404 g/mol. The van der Waals surface area contributed by atoms with Crippen molar-refractivity contribution in [1.82, 2.24) is 20.6 Å². The van der Waals surface area contributed by atoms with Crippen molar-refractivity contribution < 1.29 is 9.59 Å². The third-order valence-corrected chi connectivity index (χ3v) is 7.07. The van der Waals surface area contributed by atoms with Crippen molar-refractivity contribution in [3.8, 4) is 11.3 Å². The van der Waals surface area contributed by atoms with Gasteiger partial charge < -0.3 is 16.0 Å². The van der Waals surface area contributed by atoms with Crippen LogP contribution in [0.2, 0.25) is 0 Å². The van der Waals surface area contributed by atoms with Crippen molar-refractivity contribution in [2.75, 3.05) is 11.1 Å². The summed E-state index contributed by atoms with van der Waals surface area (Å²) in [5, 5.41) is 11.8. The number of thiazole rings is 1. The zero-order valence-electron chi connectivity index (χ0n) is 14.7. The minimum Gasteiger partial charge on any atom is -0.332 e. The Labute approximate surface area is 165 Å². The molecule has 3 amide bonds. The number of hydrogen-bond donors (Lipinski definition) is 3. The van der Waals surface area contributed by atoms with E-state index in [1.165, 1.54) is 11.3 Å². The van der Waals surface area contributed by atoms with Gasteiger partial charge in [-0.05, 0) is 25.0 Å². The maximum atomic E-state index is 12.2. The molecule has 3 N–H and O–H groups in total. The van der Waals surface area contributed by atoms with Crippen LogP contribution in [0.15, 0.2) is 29.9 Å². The SMILES string of the molecule is O=C(CCCC[C@@H]1SC[C@H]2NC(=O)N[C@@H]12)Nc1nc(-c2ccncc2)cs1. The summed E-state index contributed by atoms with van der Waals surface area (Å²) in [7, 11) is 0. The third-order valence-electron chi connectivity index (χ3n) is 4.81. The Hall–Kier alpha value is -2.13. The second-order valence-electron chi connectivity index (χ2n) is 6.69. The minimum absolute atomic E-state index is 0.00147. The first-order valence-electron chi connectivity index (χ1n) is 9.03. The molecule has 0 unspecified atom stereocenters. The predicted octanol–water partition coefficient (Wildman–Crippen LogP) is 2.87. The van der Waals surface area contributed by atoms with Crippen molar-refractivity contribution in [2.24, 2.45) is 0 Å². The van der Waals surface area contributed by atoms with Gasteiger partial charge in [-0.1, -0.05) is 6.42 Å². The molecule has 27 heavy (non-hydrogen) atoms. The Morgan fingerprint density at radius 3 is 2.96 bits per heavy atom. The van der Waals surface area contributed by atoms with Crippen LogP contribution in [0.25, 0.3) is 11.3 Å². The number of carbonyl (C=O) groups excluding carboxylic acids is 2. The zero-order chi connectivity index (χ0) is 18.6. The Balaban J connectivity index is 1.18. The van der Waals surface area contributed by atoms with E-state index in [1.807, 2.05) is 29.3 Å². The second-order valence-corrected chi connectivity index (χ2v) is 8.82. The van der Waals surface area contributed by atoms with E-state index in [4.69, 9.17) is 0 Å². The van der Waals surface area contributed by atoms with Gasteiger partial charge in [-0.3, -0.25) is 9.78 Å². The molecule has 7 nitrogen and oxygen atoms in total. The zero-order valence-corrected chi connectivity index (χ0v) is 16.3. The van der Waals surface area contributed by atoms with Crippen LogP contribution in [0, 0.1) is 0 Å². The van der Waals surface area contributed by atoms with Gasteiger partial charge in [-0.2, -0.15) is 11.8 Å². The fourth-order valence-electron chi connectivity index (χ4n) is 3.44. The van der Waals surface area contributed by atoms with E-state index in [9.17, 15) is 9.59 Å². The van der Waals surface area contributed by atoms with Crippen LogP contribution < -0.4 is 16.0 Å². The molecule has 2 aliphatic heterocycles. The summed E-state index contributed by atoms with van der Waals surface area (Å²) < 4.78 is 0. The fraction of sp³-hybridized carbons (Fsp3) is 0.444. The van der Waals surface area contributed by atoms with Crippen LogP contribution in [0.5, 0.6) is 0 Å². The quantitative estimate of drug-likeness (QED) is 0.488. The fourth-order valence-corrected chi connectivity index (χ4v) is 5.72. The van der Waals surface area contributed by atoms with Gasteiger partial charge in [0.05, 0.1) is 17.8 Å². The van der Waals surface area contributed by atoms with E-state index in [0.29, 0.717) is 16.8 Å². The Morgan fingerprint density at radius 2 is 2.11 bits per heavy atom. The van der Waals surface area contributed by atoms with Gasteiger partial charge in [0.25, 0.3) is 0 Å². The molecule has 4 heterocycles. The summed E-state index contributed by atoms with van der Waals surface area (Å²) in [6.45, 7) is 0. The lowest BCUT2D eigenvalue weighted by molar-refractivity contribution is -0.116. The van der Waals surface area contributed by atoms with Crippen LogP contribution >= 0.6 is 23.1 Å². The van der Waals surface area contributed by atoms with Crippen molar-refractivity contribution in [3.63, 3.8) is 0 Å². The highest BCUT2D eigenvalue weighted by Gasteiger charge is 2.42. The molecule has 142 valence electrons. The highest BCUT2D eigenvalue weighted by Crippen LogP contribution is 2.33. The molecule has 4 rings (SSSR count). The van der Waals surface area contributed by atoms with Crippen LogP contribution in [0.4, 0.5) is 9.93 Å². The number of unbranched alkanes of at least 4 members (excludes halogenated alkanes) is 1. The third kappa shape index (κ3) is 4.41. The summed E-state index contributed by atoms with van der Waals surface area (Å²) in [6.07, 6.45) is 6.77. The smallest absolute Gasteiger partial charge is 0.315 e. The number of aromatic nitrogens is 2. The number of nitrogens with one attached hydrogen (secondary N) is 3. The largest absolute Gasteiger partial charge is 0.332 e. The first-order valence-corrected chi connectivity index (χ1v) is 11.0. The Bertz CT molecular complexity index is 813. The number of hydrogen-bond acceptors (Lipinski definition) is 6. The molecule has 2 aliphatic rings. The molecule has 2 aromatic heterocycles. The average Bonchev–Trinajstić information content (AvgIpc) is 3.36. The van der Waals surface area contributed by atoms with Gasteiger partial charge in [0.2, 0.25) is 5.91 Å². The number of fused-ring (bicyclic) bond motifs is 1. The van der Waals surface area contributed by atoms with Crippen molar-refractivity contribution in [1.29, 1.82) is 0 Å². The maximum absolute atomic E-state index is 12.2. The minimum atomic E-state index is -0.0516. The monoisotopic (exact) mass is 403 g/mol. The van der Waals surface area contributed by atoms with Crippen molar-refractivity contribution >= 4 is 40.2 Å². The van der Waals surface area contributed by atoms with Crippen molar-refractivity contribution in [2.45, 2.75) is 43.0 Å². The molecular formula is C18H21N5O2S2. The molecule has 0 saturated carbocycles. The molecule has 0 bridgehead atoms. The normalized spacial score (nSPS) is 23.6. The molecule has 2 fully saturated rings. The topological polar surface area (TPSA) is 96.0 Å². The molecule has 0 radical (unpaired) electrons. The van der Waals surface area contributed by atoms with Crippen LogP contribution in [-0.2, 0) is 4.79 Å². The highest BCUT2D eigenvalue weighted by molar-refractivity contribution is 8.00. The lowest BCUT2D eigenvalue weighted by Crippen LogP contribution is -2.36. The van der Waals surface area contributed by atoms with E-state index in [1.54, 1.807) is 12.4 Å². The van der Waals surface area contributed by atoms with E-state index < -0.39 is 0 Å². The van der Waals surface area contributed by atoms with Crippen LogP contribution in [0.1, 0.15) is 25.7 Å². The maximum Gasteiger partial charge on any atom is 0.315 e. The van der Waals surface area contributed by atoms with Gasteiger partial charge in [0.1, 0.15) is 0 Å². The van der Waals surface area contributed by atoms with Gasteiger partial charge in [0, 0.05) is 40.8 Å². The van der Waals surface area contributed by atoms with Crippen LogP contribution in [0.3, 0.4) is 0 Å². The lowest BCUT2D eigenvalue weighted by Gasteiger charge is -2.16. The first kappa shape index (κ1) is 18.2. The predicted molar refractivity (Wildman–Crippen MR) is 108 cm³/mol. The Kier molecular flexibility index (Phi) is 5.58. The van der Waals surface area contributed by atoms with Gasteiger partial charge in [-0.25, -0.2) is 9.78 Å². The number of anilines is 1. The van der Waals surface area contributed by atoms with Crippen LogP contribution in [-0.4, -0.2) is 45.0 Å². The number of urea groups is 1. The molecule has 0 aromatic carbocycles. The van der Waals surface area contributed by atoms with Gasteiger partial charge in [-0.15, -0.1) is 11.3 Å². The Morgan fingerprint density at radius 1 is 1.26 bits per heavy atom. The first-order chi connectivity index (χ1) is 13.2. The molecule has 3 atom stereocenters. The van der Waals surface area contributed by atoms with E-state index in [2.05, 4.69) is 25.9 Å². The standard InChI is InChI=1S/C18H21N5O2S2/c24-15(22-18-21-12(9-27-18)11-5-7-19-8-6-11)4-2-1-3-14-16-13(10-26-14)20-17(25)23-16/h5-9,13-14,16H,1-4,10H2,(H2,20,23,25)(H,21,22,24)/t13-,14+,16-/m1/s1. The van der Waals surface area contributed by atoms with E-state index in [0.717, 1.165) is 36.3 Å².